The van der Waals surface area contributed by atoms with Crippen molar-refractivity contribution in [2.75, 3.05) is 0 Å². The van der Waals surface area contributed by atoms with Crippen LogP contribution in [0, 0.1) is 23.0 Å². The van der Waals surface area contributed by atoms with Gasteiger partial charge in [0.1, 0.15) is 0 Å². The van der Waals surface area contributed by atoms with Gasteiger partial charge in [-0.1, -0.05) is 18.2 Å². The summed E-state index contributed by atoms with van der Waals surface area (Å²) in [5.74, 6) is -2.45. The molecule has 3 heteroatoms. The Bertz CT molecular complexity index is 393. The highest BCUT2D eigenvalue weighted by atomic mass is 19.2. The van der Waals surface area contributed by atoms with Gasteiger partial charge in [0, 0.05) is 5.56 Å². The van der Waals surface area contributed by atoms with Crippen molar-refractivity contribution in [1.82, 2.24) is 0 Å². The van der Waals surface area contributed by atoms with Crippen molar-refractivity contribution in [2.24, 2.45) is 0 Å². The average molecular weight is 207 g/mol. The summed E-state index contributed by atoms with van der Waals surface area (Å²) in [6, 6.07) is 5.86. The maximum Gasteiger partial charge on any atom is 0.163 e. The van der Waals surface area contributed by atoms with Gasteiger partial charge in [0.15, 0.2) is 11.6 Å². The lowest BCUT2D eigenvalue weighted by molar-refractivity contribution is 0.493. The van der Waals surface area contributed by atoms with E-state index in [-0.39, 0.29) is 5.56 Å². The molecule has 0 heterocycles. The second-order valence-corrected chi connectivity index (χ2v) is 3.19. The molecule has 0 bridgehead atoms. The van der Waals surface area contributed by atoms with E-state index in [4.69, 9.17) is 5.26 Å². The van der Waals surface area contributed by atoms with Crippen LogP contribution in [0.2, 0.25) is 0 Å². The highest BCUT2D eigenvalue weighted by Crippen LogP contribution is 2.24. The SMILES string of the molecule is C=CCCC(C#N)c1cccc(F)c1F. The van der Waals surface area contributed by atoms with E-state index >= 15 is 0 Å². The van der Waals surface area contributed by atoms with Crippen LogP contribution < -0.4 is 0 Å². The van der Waals surface area contributed by atoms with Gasteiger partial charge >= 0.3 is 0 Å². The fourth-order valence-electron chi connectivity index (χ4n) is 1.36. The molecule has 0 N–H and O–H groups in total. The van der Waals surface area contributed by atoms with Crippen molar-refractivity contribution in [1.29, 1.82) is 5.26 Å². The van der Waals surface area contributed by atoms with Crippen molar-refractivity contribution < 1.29 is 8.78 Å². The molecule has 0 aliphatic carbocycles. The summed E-state index contributed by atoms with van der Waals surface area (Å²) in [6.45, 7) is 3.52. The van der Waals surface area contributed by atoms with Gasteiger partial charge in [0.05, 0.1) is 12.0 Å². The minimum absolute atomic E-state index is 0.124. The molecule has 0 fully saturated rings. The summed E-state index contributed by atoms with van der Waals surface area (Å²) in [6.07, 6.45) is 2.72. The summed E-state index contributed by atoms with van der Waals surface area (Å²) in [5.41, 5.74) is 0.124. The lowest BCUT2D eigenvalue weighted by atomic mass is 9.95. The molecule has 0 radical (unpaired) electrons. The molecule has 0 aliphatic rings. The van der Waals surface area contributed by atoms with Gasteiger partial charge in [0.2, 0.25) is 0 Å². The quantitative estimate of drug-likeness (QED) is 0.693. The summed E-state index contributed by atoms with van der Waals surface area (Å²) in [5, 5.41) is 8.85. The van der Waals surface area contributed by atoms with E-state index in [0.717, 1.165) is 6.07 Å². The summed E-state index contributed by atoms with van der Waals surface area (Å²) < 4.78 is 26.2. The normalized spacial score (nSPS) is 11.8. The Labute approximate surface area is 87.7 Å². The minimum Gasteiger partial charge on any atom is -0.204 e. The van der Waals surface area contributed by atoms with Crippen molar-refractivity contribution in [2.45, 2.75) is 18.8 Å². The number of nitriles is 1. The molecule has 1 aromatic rings. The van der Waals surface area contributed by atoms with E-state index in [9.17, 15) is 8.78 Å². The monoisotopic (exact) mass is 207 g/mol. The first-order valence-corrected chi connectivity index (χ1v) is 4.65. The zero-order chi connectivity index (χ0) is 11.3. The Morgan fingerprint density at radius 2 is 2.20 bits per heavy atom. The van der Waals surface area contributed by atoms with Crippen LogP contribution in [0.1, 0.15) is 24.3 Å². The first-order chi connectivity index (χ1) is 7.20. The fraction of sp³-hybridized carbons (Fsp3) is 0.250. The van der Waals surface area contributed by atoms with Crippen LogP contribution in [-0.4, -0.2) is 0 Å². The molecule has 0 aromatic heterocycles. The second kappa shape index (κ2) is 5.26. The molecule has 1 unspecified atom stereocenters. The van der Waals surface area contributed by atoms with E-state index in [1.165, 1.54) is 12.1 Å². The molecule has 78 valence electrons. The van der Waals surface area contributed by atoms with Crippen LogP contribution in [0.15, 0.2) is 30.9 Å². The molecule has 1 rings (SSSR count). The Balaban J connectivity index is 2.97. The molecule has 0 saturated heterocycles. The molecule has 1 atom stereocenters. The predicted molar refractivity (Wildman–Crippen MR) is 54.1 cm³/mol. The van der Waals surface area contributed by atoms with Gasteiger partial charge in [-0.15, -0.1) is 6.58 Å². The van der Waals surface area contributed by atoms with Gasteiger partial charge in [-0.3, -0.25) is 0 Å². The third-order valence-corrected chi connectivity index (χ3v) is 2.17. The third-order valence-electron chi connectivity index (χ3n) is 2.17. The lowest BCUT2D eigenvalue weighted by Crippen LogP contribution is -2.01. The molecule has 1 nitrogen and oxygen atoms in total. The maximum atomic E-state index is 13.3. The van der Waals surface area contributed by atoms with Gasteiger partial charge in [0.25, 0.3) is 0 Å². The van der Waals surface area contributed by atoms with Crippen LogP contribution >= 0.6 is 0 Å². The molecular weight excluding hydrogens is 196 g/mol. The largest absolute Gasteiger partial charge is 0.204 e. The van der Waals surface area contributed by atoms with Crippen molar-refractivity contribution in [3.05, 3.63) is 48.1 Å². The van der Waals surface area contributed by atoms with Crippen LogP contribution in [0.3, 0.4) is 0 Å². The first-order valence-electron chi connectivity index (χ1n) is 4.65. The number of allylic oxidation sites excluding steroid dienone is 1. The Morgan fingerprint density at radius 1 is 1.47 bits per heavy atom. The molecule has 1 aromatic carbocycles. The molecule has 0 amide bonds. The van der Waals surface area contributed by atoms with E-state index in [0.29, 0.717) is 12.8 Å². The van der Waals surface area contributed by atoms with Crippen LogP contribution in [0.25, 0.3) is 0 Å². The van der Waals surface area contributed by atoms with Crippen LogP contribution in [0.4, 0.5) is 8.78 Å². The summed E-state index contributed by atoms with van der Waals surface area (Å²) >= 11 is 0. The molecule has 0 aliphatic heterocycles. The van der Waals surface area contributed by atoms with E-state index in [2.05, 4.69) is 6.58 Å². The second-order valence-electron chi connectivity index (χ2n) is 3.19. The van der Waals surface area contributed by atoms with Gasteiger partial charge in [-0.05, 0) is 18.9 Å². The van der Waals surface area contributed by atoms with Crippen molar-refractivity contribution in [3.8, 4) is 6.07 Å². The number of benzene rings is 1. The highest BCUT2D eigenvalue weighted by molar-refractivity contribution is 5.27. The number of rotatable bonds is 4. The van der Waals surface area contributed by atoms with Gasteiger partial charge in [-0.2, -0.15) is 5.26 Å². The van der Waals surface area contributed by atoms with Crippen molar-refractivity contribution in [3.63, 3.8) is 0 Å². The Kier molecular flexibility index (Phi) is 3.99. The molecule has 0 saturated carbocycles. The van der Waals surface area contributed by atoms with Gasteiger partial charge < -0.3 is 0 Å². The number of halogens is 2. The molecule has 0 spiro atoms. The van der Waals surface area contributed by atoms with Gasteiger partial charge in [-0.25, -0.2) is 8.78 Å². The summed E-state index contributed by atoms with van der Waals surface area (Å²) in [4.78, 5) is 0. The first kappa shape index (κ1) is 11.4. The van der Waals surface area contributed by atoms with E-state index in [1.54, 1.807) is 6.08 Å². The lowest BCUT2D eigenvalue weighted by Gasteiger charge is -2.09. The highest BCUT2D eigenvalue weighted by Gasteiger charge is 2.16. The minimum atomic E-state index is -0.923. The van der Waals surface area contributed by atoms with Crippen molar-refractivity contribution >= 4 is 0 Å². The van der Waals surface area contributed by atoms with Crippen LogP contribution in [0.5, 0.6) is 0 Å². The Hall–Kier alpha value is -1.69. The predicted octanol–water partition coefficient (Wildman–Crippen LogP) is 3.54. The van der Waals surface area contributed by atoms with E-state index < -0.39 is 17.6 Å². The average Bonchev–Trinajstić information content (AvgIpc) is 2.25. The van der Waals surface area contributed by atoms with Crippen LogP contribution in [-0.2, 0) is 0 Å². The zero-order valence-corrected chi connectivity index (χ0v) is 8.21. The zero-order valence-electron chi connectivity index (χ0n) is 8.21. The maximum absolute atomic E-state index is 13.3. The topological polar surface area (TPSA) is 23.8 Å². The number of hydrogen-bond acceptors (Lipinski definition) is 1. The molecule has 15 heavy (non-hydrogen) atoms. The number of nitrogens with zero attached hydrogens (tertiary/aromatic N) is 1. The number of hydrogen-bond donors (Lipinski definition) is 0. The third kappa shape index (κ3) is 2.63. The smallest absolute Gasteiger partial charge is 0.163 e. The molecular formula is C12H11F2N. The fourth-order valence-corrected chi connectivity index (χ4v) is 1.36. The summed E-state index contributed by atoms with van der Waals surface area (Å²) in [7, 11) is 0. The van der Waals surface area contributed by atoms with E-state index in [1.807, 2.05) is 6.07 Å². The Morgan fingerprint density at radius 3 is 2.80 bits per heavy atom. The standard InChI is InChI=1S/C12H11F2N/c1-2-3-5-9(8-15)10-6-4-7-11(13)12(10)14/h2,4,6-7,9H,1,3,5H2.